The Bertz CT molecular complexity index is 279. The van der Waals surface area contributed by atoms with Crippen LogP contribution in [0.2, 0.25) is 0 Å². The number of carbonyl (C=O) groups excluding carboxylic acids is 1. The van der Waals surface area contributed by atoms with Crippen LogP contribution in [0, 0.1) is 12.1 Å². The summed E-state index contributed by atoms with van der Waals surface area (Å²) < 4.78 is 0. The van der Waals surface area contributed by atoms with Crippen LogP contribution in [0.5, 0.6) is 0 Å². The van der Waals surface area contributed by atoms with Crippen LogP contribution >= 0.6 is 0 Å². The molecule has 3 heteroatoms. The fourth-order valence-corrected chi connectivity index (χ4v) is 0.862. The van der Waals surface area contributed by atoms with Gasteiger partial charge in [0.15, 0.2) is 0 Å². The predicted octanol–water partition coefficient (Wildman–Crippen LogP) is 1.85. The van der Waals surface area contributed by atoms with E-state index < -0.39 is 5.91 Å². The minimum atomic E-state index is -0.501. The van der Waals surface area contributed by atoms with Gasteiger partial charge in [-0.3, -0.25) is 4.79 Å². The van der Waals surface area contributed by atoms with Crippen molar-refractivity contribution >= 4 is 11.6 Å². The summed E-state index contributed by atoms with van der Waals surface area (Å²) >= 11 is 0. The highest BCUT2D eigenvalue weighted by Gasteiger charge is 1.97. The Morgan fingerprint density at radius 3 is 2.25 bits per heavy atom. The van der Waals surface area contributed by atoms with E-state index in [4.69, 9.17) is 0 Å². The molecular weight excluding hydrogens is 154 g/mol. The molecule has 0 aliphatic heterocycles. The number of benzene rings is 1. The van der Waals surface area contributed by atoms with Crippen molar-refractivity contribution in [2.24, 2.45) is 0 Å². The normalized spacial score (nSPS) is 9.58. The standard InChI is InChI=1S/C9H10NO2/c1-7-3-5-9(6-4-7)10(12)8(2)11/h3-6H,1-2H3/q-1. The maximum Gasteiger partial charge on any atom is 0.213 e. The van der Waals surface area contributed by atoms with Crippen LogP contribution in [-0.2, 0) is 4.79 Å². The summed E-state index contributed by atoms with van der Waals surface area (Å²) in [5.74, 6) is -0.501. The first-order chi connectivity index (χ1) is 5.61. The molecule has 0 aliphatic carbocycles. The molecule has 1 amide bonds. The number of hydrogen-bond donors (Lipinski definition) is 0. The molecule has 0 heterocycles. The third kappa shape index (κ3) is 1.83. The molecule has 1 aromatic rings. The molecular formula is C9H10NO2-. The number of rotatable bonds is 1. The second kappa shape index (κ2) is 3.36. The molecule has 0 aliphatic rings. The number of hydrogen-bond acceptors (Lipinski definition) is 2. The number of aryl methyl sites for hydroxylation is 1. The topological polar surface area (TPSA) is 43.4 Å². The van der Waals surface area contributed by atoms with Crippen molar-refractivity contribution in [1.29, 1.82) is 0 Å². The maximum atomic E-state index is 11.0. The highest BCUT2D eigenvalue weighted by atomic mass is 16.5. The average Bonchev–Trinajstić information content (AvgIpc) is 2.04. The molecule has 0 N–H and O–H groups in total. The molecule has 0 unspecified atom stereocenters. The first-order valence-corrected chi connectivity index (χ1v) is 3.66. The Hall–Kier alpha value is -1.35. The smallest absolute Gasteiger partial charge is 0.213 e. The van der Waals surface area contributed by atoms with Gasteiger partial charge in [0.05, 0.1) is 0 Å². The first kappa shape index (κ1) is 8.74. The molecule has 0 saturated heterocycles. The van der Waals surface area contributed by atoms with Gasteiger partial charge in [-0.05, 0) is 19.1 Å². The maximum absolute atomic E-state index is 11.0. The molecule has 3 nitrogen and oxygen atoms in total. The van der Waals surface area contributed by atoms with Crippen molar-refractivity contribution in [3.8, 4) is 0 Å². The summed E-state index contributed by atoms with van der Waals surface area (Å²) in [6.45, 7) is 3.17. The van der Waals surface area contributed by atoms with Gasteiger partial charge in [0.25, 0.3) is 0 Å². The van der Waals surface area contributed by atoms with E-state index in [0.717, 1.165) is 5.56 Å². The van der Waals surface area contributed by atoms with Gasteiger partial charge in [-0.15, -0.1) is 0 Å². The van der Waals surface area contributed by atoms with Crippen molar-refractivity contribution in [3.63, 3.8) is 0 Å². The van der Waals surface area contributed by atoms with Gasteiger partial charge >= 0.3 is 0 Å². The van der Waals surface area contributed by atoms with Gasteiger partial charge in [-0.2, -0.15) is 0 Å². The largest absolute Gasteiger partial charge is 0.752 e. The lowest BCUT2D eigenvalue weighted by molar-refractivity contribution is -0.116. The van der Waals surface area contributed by atoms with Gasteiger partial charge in [-0.1, -0.05) is 17.7 Å². The molecule has 1 rings (SSSR count). The number of nitrogens with zero attached hydrogens (tertiary/aromatic N) is 1. The Morgan fingerprint density at radius 1 is 1.33 bits per heavy atom. The molecule has 0 atom stereocenters. The second-order valence-corrected chi connectivity index (χ2v) is 2.65. The minimum absolute atomic E-state index is 0.374. The van der Waals surface area contributed by atoms with Gasteiger partial charge in [0, 0.05) is 12.6 Å². The van der Waals surface area contributed by atoms with E-state index >= 15 is 0 Å². The quantitative estimate of drug-likeness (QED) is 0.594. The molecule has 0 aromatic heterocycles. The average molecular weight is 164 g/mol. The Morgan fingerprint density at radius 2 is 1.83 bits per heavy atom. The third-order valence-electron chi connectivity index (χ3n) is 1.55. The van der Waals surface area contributed by atoms with Crippen LogP contribution in [0.1, 0.15) is 12.5 Å². The molecule has 1 aromatic carbocycles. The SMILES string of the molecule is CC(=O)N([O-])c1ccc(C)cc1. The predicted molar refractivity (Wildman–Crippen MR) is 47.7 cm³/mol. The molecule has 0 radical (unpaired) electrons. The summed E-state index contributed by atoms with van der Waals surface area (Å²) in [6, 6.07) is 6.85. The zero-order chi connectivity index (χ0) is 9.14. The zero-order valence-corrected chi connectivity index (χ0v) is 7.07. The van der Waals surface area contributed by atoms with Crippen LogP contribution in [0.15, 0.2) is 24.3 Å². The number of anilines is 1. The minimum Gasteiger partial charge on any atom is -0.752 e. The van der Waals surface area contributed by atoms with Crippen molar-refractivity contribution in [3.05, 3.63) is 35.0 Å². The third-order valence-corrected chi connectivity index (χ3v) is 1.55. The monoisotopic (exact) mass is 164 g/mol. The summed E-state index contributed by atoms with van der Waals surface area (Å²) in [4.78, 5) is 10.6. The van der Waals surface area contributed by atoms with Gasteiger partial charge in [0.1, 0.15) is 0 Å². The fourth-order valence-electron chi connectivity index (χ4n) is 0.862. The van der Waals surface area contributed by atoms with E-state index in [1.54, 1.807) is 24.3 Å². The first-order valence-electron chi connectivity index (χ1n) is 3.66. The Kier molecular flexibility index (Phi) is 2.45. The van der Waals surface area contributed by atoms with Crippen LogP contribution in [0.4, 0.5) is 5.69 Å². The number of carbonyl (C=O) groups is 1. The fraction of sp³-hybridized carbons (Fsp3) is 0.222. The molecule has 0 spiro atoms. The molecule has 0 fully saturated rings. The van der Waals surface area contributed by atoms with E-state index in [9.17, 15) is 10.0 Å². The Labute approximate surface area is 71.2 Å². The summed E-state index contributed by atoms with van der Waals surface area (Å²) in [6.07, 6.45) is 0. The molecule has 64 valence electrons. The van der Waals surface area contributed by atoms with Crippen molar-refractivity contribution < 1.29 is 4.79 Å². The van der Waals surface area contributed by atoms with Crippen LogP contribution < -0.4 is 5.06 Å². The van der Waals surface area contributed by atoms with Crippen LogP contribution in [-0.4, -0.2) is 5.91 Å². The van der Waals surface area contributed by atoms with Gasteiger partial charge in [-0.25, -0.2) is 0 Å². The molecule has 0 bridgehead atoms. The lowest BCUT2D eigenvalue weighted by atomic mass is 10.2. The van der Waals surface area contributed by atoms with E-state index in [1.165, 1.54) is 6.92 Å². The van der Waals surface area contributed by atoms with E-state index in [0.29, 0.717) is 10.8 Å². The lowest BCUT2D eigenvalue weighted by Crippen LogP contribution is -2.20. The van der Waals surface area contributed by atoms with Crippen molar-refractivity contribution in [2.45, 2.75) is 13.8 Å². The highest BCUT2D eigenvalue weighted by molar-refractivity contribution is 5.92. The van der Waals surface area contributed by atoms with Gasteiger partial charge < -0.3 is 10.3 Å². The lowest BCUT2D eigenvalue weighted by Gasteiger charge is -2.26. The summed E-state index contributed by atoms with van der Waals surface area (Å²) in [7, 11) is 0. The number of hydroxylamine groups is 1. The molecule has 12 heavy (non-hydrogen) atoms. The van der Waals surface area contributed by atoms with E-state index in [2.05, 4.69) is 0 Å². The highest BCUT2D eigenvalue weighted by Crippen LogP contribution is 2.13. The Balaban J connectivity index is 2.89. The summed E-state index contributed by atoms with van der Waals surface area (Å²) in [5.41, 5.74) is 1.45. The number of amides is 1. The van der Waals surface area contributed by atoms with Crippen LogP contribution in [0.3, 0.4) is 0 Å². The van der Waals surface area contributed by atoms with Crippen LogP contribution in [0.25, 0.3) is 0 Å². The van der Waals surface area contributed by atoms with E-state index in [1.807, 2.05) is 6.92 Å². The molecule has 0 saturated carbocycles. The van der Waals surface area contributed by atoms with Gasteiger partial charge in [0.2, 0.25) is 5.91 Å². The van der Waals surface area contributed by atoms with Crippen molar-refractivity contribution in [1.82, 2.24) is 0 Å². The summed E-state index contributed by atoms with van der Waals surface area (Å²) in [5, 5.41) is 11.4. The van der Waals surface area contributed by atoms with E-state index in [-0.39, 0.29) is 0 Å². The van der Waals surface area contributed by atoms with Crippen molar-refractivity contribution in [2.75, 3.05) is 5.06 Å². The second-order valence-electron chi connectivity index (χ2n) is 2.65. The zero-order valence-electron chi connectivity index (χ0n) is 7.07.